The average molecular weight is 326 g/mol. The van der Waals surface area contributed by atoms with Gasteiger partial charge in [-0.25, -0.2) is 15.0 Å². The van der Waals surface area contributed by atoms with Crippen LogP contribution >= 0.6 is 0 Å². The number of hydrogen-bond donors (Lipinski definition) is 2. The lowest BCUT2D eigenvalue weighted by molar-refractivity contribution is 0.407. The SMILES string of the molecule is CNc1cccn(Cc2nc3c(CC(C)(C)C)ncnc3[nH]2)c1=O. The van der Waals surface area contributed by atoms with Crippen LogP contribution in [-0.2, 0) is 13.0 Å². The van der Waals surface area contributed by atoms with Gasteiger partial charge in [0.1, 0.15) is 23.4 Å². The maximum atomic E-state index is 12.3. The molecule has 0 atom stereocenters. The zero-order valence-electron chi connectivity index (χ0n) is 14.4. The van der Waals surface area contributed by atoms with Crippen LogP contribution in [0.3, 0.4) is 0 Å². The first-order valence-corrected chi connectivity index (χ1v) is 7.93. The molecule has 0 fully saturated rings. The minimum absolute atomic E-state index is 0.0820. The number of rotatable bonds is 4. The van der Waals surface area contributed by atoms with Crippen molar-refractivity contribution < 1.29 is 0 Å². The molecule has 2 N–H and O–H groups in total. The predicted octanol–water partition coefficient (Wildman–Crippen LogP) is 2.19. The Labute approximate surface area is 140 Å². The van der Waals surface area contributed by atoms with E-state index in [0.29, 0.717) is 23.7 Å². The van der Waals surface area contributed by atoms with Crippen molar-refractivity contribution in [3.63, 3.8) is 0 Å². The molecule has 3 aromatic rings. The van der Waals surface area contributed by atoms with Gasteiger partial charge in [-0.05, 0) is 24.0 Å². The van der Waals surface area contributed by atoms with E-state index in [1.807, 2.05) is 6.07 Å². The van der Waals surface area contributed by atoms with E-state index in [0.717, 1.165) is 17.6 Å². The molecule has 0 aliphatic heterocycles. The molecule has 0 aliphatic rings. The zero-order valence-corrected chi connectivity index (χ0v) is 14.4. The van der Waals surface area contributed by atoms with Gasteiger partial charge in [0.2, 0.25) is 0 Å². The first-order valence-electron chi connectivity index (χ1n) is 7.93. The van der Waals surface area contributed by atoms with Crippen LogP contribution in [-0.4, -0.2) is 31.6 Å². The van der Waals surface area contributed by atoms with E-state index in [2.05, 4.69) is 46.0 Å². The van der Waals surface area contributed by atoms with Crippen LogP contribution in [0.1, 0.15) is 32.3 Å². The van der Waals surface area contributed by atoms with E-state index < -0.39 is 0 Å². The van der Waals surface area contributed by atoms with E-state index in [4.69, 9.17) is 0 Å². The van der Waals surface area contributed by atoms with E-state index in [1.54, 1.807) is 30.2 Å². The predicted molar refractivity (Wildman–Crippen MR) is 94.2 cm³/mol. The first kappa shape index (κ1) is 16.2. The van der Waals surface area contributed by atoms with Crippen molar-refractivity contribution in [2.45, 2.75) is 33.7 Å². The van der Waals surface area contributed by atoms with Crippen LogP contribution in [0.5, 0.6) is 0 Å². The highest BCUT2D eigenvalue weighted by Crippen LogP contribution is 2.23. The molecule has 0 spiro atoms. The fourth-order valence-electron chi connectivity index (χ4n) is 2.64. The lowest BCUT2D eigenvalue weighted by atomic mass is 9.90. The molecule has 0 radical (unpaired) electrons. The number of nitrogens with one attached hydrogen (secondary N) is 2. The number of imidazole rings is 1. The van der Waals surface area contributed by atoms with Crippen molar-refractivity contribution in [3.05, 3.63) is 46.5 Å². The summed E-state index contributed by atoms with van der Waals surface area (Å²) >= 11 is 0. The lowest BCUT2D eigenvalue weighted by Gasteiger charge is -2.16. The number of aromatic nitrogens is 5. The number of nitrogens with zero attached hydrogens (tertiary/aromatic N) is 4. The molecule has 0 aliphatic carbocycles. The van der Waals surface area contributed by atoms with Crippen molar-refractivity contribution in [1.29, 1.82) is 0 Å². The van der Waals surface area contributed by atoms with E-state index in [1.165, 1.54) is 0 Å². The Hall–Kier alpha value is -2.70. The minimum Gasteiger partial charge on any atom is -0.384 e. The highest BCUT2D eigenvalue weighted by molar-refractivity contribution is 5.73. The summed E-state index contributed by atoms with van der Waals surface area (Å²) in [6.07, 6.45) is 4.11. The van der Waals surface area contributed by atoms with Gasteiger partial charge in [0.15, 0.2) is 5.65 Å². The monoisotopic (exact) mass is 326 g/mol. The summed E-state index contributed by atoms with van der Waals surface area (Å²) in [5, 5.41) is 2.90. The average Bonchev–Trinajstić information content (AvgIpc) is 2.92. The number of fused-ring (bicyclic) bond motifs is 1. The van der Waals surface area contributed by atoms with Gasteiger partial charge in [0.05, 0.1) is 12.2 Å². The normalized spacial score (nSPS) is 11.8. The Morgan fingerprint density at radius 2 is 2.08 bits per heavy atom. The van der Waals surface area contributed by atoms with Crippen molar-refractivity contribution in [3.8, 4) is 0 Å². The van der Waals surface area contributed by atoms with Crippen molar-refractivity contribution in [2.24, 2.45) is 5.41 Å². The summed E-state index contributed by atoms with van der Waals surface area (Å²) in [7, 11) is 1.73. The van der Waals surface area contributed by atoms with Crippen molar-refractivity contribution in [1.82, 2.24) is 24.5 Å². The van der Waals surface area contributed by atoms with E-state index in [9.17, 15) is 4.79 Å². The third-order valence-electron chi connectivity index (χ3n) is 3.71. The number of H-pyrrole nitrogens is 1. The Balaban J connectivity index is 1.97. The third-order valence-corrected chi connectivity index (χ3v) is 3.71. The van der Waals surface area contributed by atoms with E-state index >= 15 is 0 Å². The highest BCUT2D eigenvalue weighted by atomic mass is 16.1. The van der Waals surface area contributed by atoms with Gasteiger partial charge in [0.25, 0.3) is 5.56 Å². The summed E-state index contributed by atoms with van der Waals surface area (Å²) < 4.78 is 1.61. The van der Waals surface area contributed by atoms with Crippen LogP contribution in [0.25, 0.3) is 11.2 Å². The van der Waals surface area contributed by atoms with Gasteiger partial charge in [-0.2, -0.15) is 0 Å². The fourth-order valence-corrected chi connectivity index (χ4v) is 2.64. The summed E-state index contributed by atoms with van der Waals surface area (Å²) in [4.78, 5) is 28.8. The topological polar surface area (TPSA) is 88.5 Å². The molecule has 7 nitrogen and oxygen atoms in total. The molecular weight excluding hydrogens is 304 g/mol. The molecule has 3 aromatic heterocycles. The quantitative estimate of drug-likeness (QED) is 0.767. The second-order valence-electron chi connectivity index (χ2n) is 7.04. The molecule has 0 aromatic carbocycles. The smallest absolute Gasteiger partial charge is 0.274 e. The standard InChI is InChI=1S/C17H22N6O/c1-17(2,3)8-12-14-15(20-10-19-12)22-13(21-14)9-23-7-5-6-11(18-4)16(23)24/h5-7,10,18H,8-9H2,1-4H3,(H,19,20,21,22). The van der Waals surface area contributed by atoms with Crippen LogP contribution in [0.4, 0.5) is 5.69 Å². The van der Waals surface area contributed by atoms with Crippen LogP contribution < -0.4 is 10.9 Å². The first-order chi connectivity index (χ1) is 11.4. The second kappa shape index (κ2) is 6.07. The Morgan fingerprint density at radius 3 is 2.79 bits per heavy atom. The molecule has 0 bridgehead atoms. The van der Waals surface area contributed by atoms with Crippen LogP contribution in [0.2, 0.25) is 0 Å². The molecule has 126 valence electrons. The molecule has 0 amide bonds. The number of pyridine rings is 1. The number of hydrogen-bond acceptors (Lipinski definition) is 5. The lowest BCUT2D eigenvalue weighted by Crippen LogP contribution is -2.22. The number of anilines is 1. The van der Waals surface area contributed by atoms with Crippen molar-refractivity contribution in [2.75, 3.05) is 12.4 Å². The third kappa shape index (κ3) is 3.29. The van der Waals surface area contributed by atoms with Gasteiger partial charge >= 0.3 is 0 Å². The summed E-state index contributed by atoms with van der Waals surface area (Å²) in [5.41, 5.74) is 2.99. The van der Waals surface area contributed by atoms with Gasteiger partial charge in [0, 0.05) is 13.2 Å². The molecule has 3 rings (SSSR count). The summed E-state index contributed by atoms with van der Waals surface area (Å²) in [6.45, 7) is 6.85. The summed E-state index contributed by atoms with van der Waals surface area (Å²) in [5.74, 6) is 0.691. The van der Waals surface area contributed by atoms with Gasteiger partial charge < -0.3 is 14.9 Å². The Bertz CT molecular complexity index is 919. The van der Waals surface area contributed by atoms with Gasteiger partial charge in [-0.1, -0.05) is 20.8 Å². The van der Waals surface area contributed by atoms with Crippen LogP contribution in [0.15, 0.2) is 29.5 Å². The van der Waals surface area contributed by atoms with Gasteiger partial charge in [-0.3, -0.25) is 4.79 Å². The van der Waals surface area contributed by atoms with Crippen LogP contribution in [0, 0.1) is 5.41 Å². The molecule has 0 unspecified atom stereocenters. The second-order valence-corrected chi connectivity index (χ2v) is 7.04. The summed E-state index contributed by atoms with van der Waals surface area (Å²) in [6, 6.07) is 3.59. The van der Waals surface area contributed by atoms with Gasteiger partial charge in [-0.15, -0.1) is 0 Å². The van der Waals surface area contributed by atoms with Crippen molar-refractivity contribution >= 4 is 16.9 Å². The minimum atomic E-state index is -0.0820. The molecule has 24 heavy (non-hydrogen) atoms. The fraction of sp³-hybridized carbons (Fsp3) is 0.412. The highest BCUT2D eigenvalue weighted by Gasteiger charge is 2.17. The molecule has 0 saturated carbocycles. The number of aromatic amines is 1. The zero-order chi connectivity index (χ0) is 17.3. The Morgan fingerprint density at radius 1 is 1.29 bits per heavy atom. The van der Waals surface area contributed by atoms with E-state index in [-0.39, 0.29) is 11.0 Å². The molecular formula is C17H22N6O. The Kier molecular flexibility index (Phi) is 4.09. The molecule has 3 heterocycles. The maximum absolute atomic E-state index is 12.3. The maximum Gasteiger partial charge on any atom is 0.274 e. The molecule has 7 heteroatoms. The molecule has 0 saturated heterocycles. The largest absolute Gasteiger partial charge is 0.384 e.